The van der Waals surface area contributed by atoms with Crippen molar-refractivity contribution >= 4 is 22.4 Å². The molecule has 0 unspecified atom stereocenters. The lowest BCUT2D eigenvalue weighted by atomic mass is 10.00. The number of carboxylic acids is 1. The van der Waals surface area contributed by atoms with E-state index in [1.807, 2.05) is 20.8 Å². The molecule has 0 amide bonds. The van der Waals surface area contributed by atoms with Gasteiger partial charge in [-0.15, -0.1) is 10.2 Å². The molecule has 0 fully saturated rings. The minimum absolute atomic E-state index is 0.0618. The highest BCUT2D eigenvalue weighted by Gasteiger charge is 2.24. The quantitative estimate of drug-likeness (QED) is 0.804. The van der Waals surface area contributed by atoms with Gasteiger partial charge in [0.25, 0.3) is 0 Å². The zero-order valence-electron chi connectivity index (χ0n) is 9.02. The summed E-state index contributed by atoms with van der Waals surface area (Å²) in [6.07, 6.45) is 0.807. The summed E-state index contributed by atoms with van der Waals surface area (Å²) in [4.78, 5) is 11.0. The Kier molecular flexibility index (Phi) is 4.02. The largest absolute Gasteiger partial charge is 0.480 e. The van der Waals surface area contributed by atoms with Crippen molar-refractivity contribution in [1.82, 2.24) is 10.2 Å². The second-order valence-electron chi connectivity index (χ2n) is 3.47. The predicted octanol–water partition coefficient (Wildman–Crippen LogP) is 1.76. The summed E-state index contributed by atoms with van der Waals surface area (Å²) >= 11 is 1.36. The Bertz CT molecular complexity index is 340. The van der Waals surface area contributed by atoms with E-state index in [2.05, 4.69) is 15.5 Å². The maximum Gasteiger partial charge on any atom is 0.326 e. The standard InChI is InChI=1S/C9H15N3O2S/c1-4-5(2)7(8(13)14)10-9-12-11-6(3)15-9/h5,7H,4H2,1-3H3,(H,10,12)(H,13,14)/t5-,7-/m0/s1. The number of hydrogen-bond donors (Lipinski definition) is 2. The van der Waals surface area contributed by atoms with Gasteiger partial charge in [0.2, 0.25) is 5.13 Å². The van der Waals surface area contributed by atoms with E-state index < -0.39 is 12.0 Å². The van der Waals surface area contributed by atoms with Crippen LogP contribution in [0.1, 0.15) is 25.3 Å². The Morgan fingerprint density at radius 2 is 2.27 bits per heavy atom. The monoisotopic (exact) mass is 229 g/mol. The fourth-order valence-corrected chi connectivity index (χ4v) is 1.80. The molecular formula is C9H15N3O2S. The number of aryl methyl sites for hydroxylation is 1. The Morgan fingerprint density at radius 3 is 2.67 bits per heavy atom. The van der Waals surface area contributed by atoms with Crippen LogP contribution in [0.5, 0.6) is 0 Å². The van der Waals surface area contributed by atoms with Crippen LogP contribution in [0.3, 0.4) is 0 Å². The lowest BCUT2D eigenvalue weighted by molar-refractivity contribution is -0.139. The first kappa shape index (κ1) is 11.9. The topological polar surface area (TPSA) is 75.1 Å². The molecule has 0 saturated heterocycles. The van der Waals surface area contributed by atoms with Crippen molar-refractivity contribution in [2.75, 3.05) is 5.32 Å². The number of anilines is 1. The molecule has 84 valence electrons. The zero-order valence-corrected chi connectivity index (χ0v) is 9.84. The summed E-state index contributed by atoms with van der Waals surface area (Å²) in [5.41, 5.74) is 0. The number of nitrogens with one attached hydrogen (secondary N) is 1. The Labute approximate surface area is 92.5 Å². The fourth-order valence-electron chi connectivity index (χ4n) is 1.17. The number of nitrogens with zero attached hydrogens (tertiary/aromatic N) is 2. The predicted molar refractivity (Wildman–Crippen MR) is 59.1 cm³/mol. The molecule has 0 radical (unpaired) electrons. The summed E-state index contributed by atoms with van der Waals surface area (Å²) in [6, 6.07) is -0.595. The molecular weight excluding hydrogens is 214 g/mol. The van der Waals surface area contributed by atoms with E-state index in [0.717, 1.165) is 11.4 Å². The van der Waals surface area contributed by atoms with Crippen LogP contribution in [0.2, 0.25) is 0 Å². The Balaban J connectivity index is 2.71. The van der Waals surface area contributed by atoms with Crippen molar-refractivity contribution in [2.24, 2.45) is 5.92 Å². The van der Waals surface area contributed by atoms with Gasteiger partial charge in [-0.3, -0.25) is 0 Å². The van der Waals surface area contributed by atoms with Crippen LogP contribution in [0.4, 0.5) is 5.13 Å². The molecule has 5 nitrogen and oxygen atoms in total. The van der Waals surface area contributed by atoms with E-state index in [1.54, 1.807) is 0 Å². The minimum atomic E-state index is -0.850. The number of carbonyl (C=O) groups is 1. The van der Waals surface area contributed by atoms with Crippen molar-refractivity contribution in [3.05, 3.63) is 5.01 Å². The first-order valence-corrected chi connectivity index (χ1v) is 5.65. The van der Waals surface area contributed by atoms with E-state index >= 15 is 0 Å². The van der Waals surface area contributed by atoms with Crippen LogP contribution in [0, 0.1) is 12.8 Å². The van der Waals surface area contributed by atoms with Gasteiger partial charge in [0.05, 0.1) is 0 Å². The number of rotatable bonds is 5. The SMILES string of the molecule is CC[C@H](C)[C@H](Nc1nnc(C)s1)C(=O)O. The lowest BCUT2D eigenvalue weighted by Crippen LogP contribution is -2.35. The van der Waals surface area contributed by atoms with E-state index in [0.29, 0.717) is 5.13 Å². The normalized spacial score (nSPS) is 14.6. The van der Waals surface area contributed by atoms with Gasteiger partial charge in [0, 0.05) is 0 Å². The minimum Gasteiger partial charge on any atom is -0.480 e. The van der Waals surface area contributed by atoms with Crippen molar-refractivity contribution in [1.29, 1.82) is 0 Å². The van der Waals surface area contributed by atoms with Crippen LogP contribution in [0.25, 0.3) is 0 Å². The van der Waals surface area contributed by atoms with Gasteiger partial charge in [-0.2, -0.15) is 0 Å². The van der Waals surface area contributed by atoms with E-state index in [-0.39, 0.29) is 5.92 Å². The summed E-state index contributed by atoms with van der Waals surface area (Å²) < 4.78 is 0. The molecule has 0 spiro atoms. The number of hydrogen-bond acceptors (Lipinski definition) is 5. The van der Waals surface area contributed by atoms with Crippen LogP contribution in [-0.2, 0) is 4.79 Å². The van der Waals surface area contributed by atoms with Gasteiger partial charge in [0.15, 0.2) is 0 Å². The molecule has 1 aromatic heterocycles. The number of carboxylic acid groups (broad SMARTS) is 1. The summed E-state index contributed by atoms with van der Waals surface area (Å²) in [5.74, 6) is -0.788. The van der Waals surface area contributed by atoms with E-state index in [4.69, 9.17) is 5.11 Å². The molecule has 1 rings (SSSR count). The molecule has 6 heteroatoms. The third kappa shape index (κ3) is 3.16. The first-order valence-electron chi connectivity index (χ1n) is 4.84. The van der Waals surface area contributed by atoms with Gasteiger partial charge < -0.3 is 10.4 Å². The highest BCUT2D eigenvalue weighted by Crippen LogP contribution is 2.18. The van der Waals surface area contributed by atoms with Gasteiger partial charge in [-0.1, -0.05) is 31.6 Å². The highest BCUT2D eigenvalue weighted by atomic mass is 32.1. The smallest absolute Gasteiger partial charge is 0.326 e. The van der Waals surface area contributed by atoms with Gasteiger partial charge in [-0.05, 0) is 12.8 Å². The number of aliphatic carboxylic acids is 1. The molecule has 0 saturated carbocycles. The molecule has 0 aliphatic carbocycles. The Morgan fingerprint density at radius 1 is 1.60 bits per heavy atom. The van der Waals surface area contributed by atoms with Crippen LogP contribution in [0.15, 0.2) is 0 Å². The molecule has 2 atom stereocenters. The van der Waals surface area contributed by atoms with E-state index in [9.17, 15) is 4.79 Å². The average molecular weight is 229 g/mol. The second kappa shape index (κ2) is 5.06. The number of aromatic nitrogens is 2. The third-order valence-corrected chi connectivity index (χ3v) is 3.05. The fraction of sp³-hybridized carbons (Fsp3) is 0.667. The van der Waals surface area contributed by atoms with E-state index in [1.165, 1.54) is 11.3 Å². The molecule has 1 aromatic rings. The molecule has 15 heavy (non-hydrogen) atoms. The van der Waals surface area contributed by atoms with Gasteiger partial charge in [0.1, 0.15) is 11.0 Å². The molecule has 0 aromatic carbocycles. The first-order chi connectivity index (χ1) is 7.04. The summed E-state index contributed by atoms with van der Waals surface area (Å²) in [7, 11) is 0. The summed E-state index contributed by atoms with van der Waals surface area (Å²) in [6.45, 7) is 5.70. The van der Waals surface area contributed by atoms with Crippen molar-refractivity contribution in [2.45, 2.75) is 33.2 Å². The molecule has 2 N–H and O–H groups in total. The summed E-state index contributed by atoms with van der Waals surface area (Å²) in [5, 5.41) is 21.0. The van der Waals surface area contributed by atoms with Crippen LogP contribution < -0.4 is 5.32 Å². The Hall–Kier alpha value is -1.17. The lowest BCUT2D eigenvalue weighted by Gasteiger charge is -2.18. The molecule has 0 aliphatic heterocycles. The van der Waals surface area contributed by atoms with Crippen molar-refractivity contribution < 1.29 is 9.90 Å². The molecule has 0 aliphatic rings. The van der Waals surface area contributed by atoms with Crippen LogP contribution in [-0.4, -0.2) is 27.3 Å². The highest BCUT2D eigenvalue weighted by molar-refractivity contribution is 7.15. The molecule has 1 heterocycles. The van der Waals surface area contributed by atoms with Gasteiger partial charge in [-0.25, -0.2) is 4.79 Å². The maximum atomic E-state index is 11.0. The van der Waals surface area contributed by atoms with Crippen molar-refractivity contribution in [3.63, 3.8) is 0 Å². The van der Waals surface area contributed by atoms with Gasteiger partial charge >= 0.3 is 5.97 Å². The average Bonchev–Trinajstić information content (AvgIpc) is 2.59. The third-order valence-electron chi connectivity index (χ3n) is 2.28. The maximum absolute atomic E-state index is 11.0. The van der Waals surface area contributed by atoms with Crippen molar-refractivity contribution in [3.8, 4) is 0 Å². The second-order valence-corrected chi connectivity index (χ2v) is 4.65. The zero-order chi connectivity index (χ0) is 11.4. The van der Waals surface area contributed by atoms with Crippen LogP contribution >= 0.6 is 11.3 Å². The molecule has 0 bridgehead atoms.